The van der Waals surface area contributed by atoms with Gasteiger partial charge in [-0.15, -0.1) is 0 Å². The normalized spacial score (nSPS) is 11.2. The van der Waals surface area contributed by atoms with Crippen LogP contribution in [-0.4, -0.2) is 16.7 Å². The van der Waals surface area contributed by atoms with Gasteiger partial charge in [-0.05, 0) is 47.0 Å². The van der Waals surface area contributed by atoms with Gasteiger partial charge in [-0.2, -0.15) is 0 Å². The van der Waals surface area contributed by atoms with Crippen LogP contribution in [0.1, 0.15) is 5.56 Å². The lowest BCUT2D eigenvalue weighted by molar-refractivity contribution is 0.299. The number of halogens is 1. The second-order valence-electron chi connectivity index (χ2n) is 5.83. The highest BCUT2D eigenvalue weighted by atomic mass is 35.5. The lowest BCUT2D eigenvalue weighted by Crippen LogP contribution is -1.98. The third-order valence-electron chi connectivity index (χ3n) is 4.30. The number of nitrogens with zero attached hydrogens (tertiary/aromatic N) is 1. The van der Waals surface area contributed by atoms with Gasteiger partial charge < -0.3 is 5.11 Å². The van der Waals surface area contributed by atoms with Gasteiger partial charge in [-0.25, -0.2) is 4.98 Å². The first-order valence-electron chi connectivity index (χ1n) is 7.94. The first kappa shape index (κ1) is 15.1. The van der Waals surface area contributed by atoms with E-state index < -0.39 is 0 Å². The molecular weight excluding hydrogens is 318 g/mol. The number of pyridine rings is 1. The number of rotatable bonds is 3. The molecule has 0 aliphatic carbocycles. The quantitative estimate of drug-likeness (QED) is 0.520. The largest absolute Gasteiger partial charge is 0.396 e. The van der Waals surface area contributed by atoms with E-state index in [1.807, 2.05) is 36.4 Å². The summed E-state index contributed by atoms with van der Waals surface area (Å²) in [6.45, 7) is 0.0958. The van der Waals surface area contributed by atoms with Crippen LogP contribution < -0.4 is 0 Å². The summed E-state index contributed by atoms with van der Waals surface area (Å²) in [5.74, 6) is 0. The molecule has 2 nitrogen and oxygen atoms in total. The predicted molar refractivity (Wildman–Crippen MR) is 100 cm³/mol. The van der Waals surface area contributed by atoms with Crippen molar-refractivity contribution in [1.29, 1.82) is 0 Å². The van der Waals surface area contributed by atoms with Gasteiger partial charge in [0.05, 0.1) is 11.2 Å². The van der Waals surface area contributed by atoms with Gasteiger partial charge in [0, 0.05) is 22.6 Å². The Morgan fingerprint density at radius 1 is 0.875 bits per heavy atom. The molecule has 1 heterocycles. The Morgan fingerprint density at radius 2 is 1.67 bits per heavy atom. The number of fused-ring (bicyclic) bond motifs is 3. The van der Waals surface area contributed by atoms with E-state index in [1.54, 1.807) is 0 Å². The number of aliphatic hydroxyl groups excluding tert-OH is 1. The maximum atomic E-state index is 9.47. The Kier molecular flexibility index (Phi) is 3.93. The van der Waals surface area contributed by atoms with Crippen molar-refractivity contribution < 1.29 is 5.11 Å². The van der Waals surface area contributed by atoms with E-state index in [4.69, 9.17) is 16.6 Å². The van der Waals surface area contributed by atoms with Gasteiger partial charge in [0.15, 0.2) is 0 Å². The summed E-state index contributed by atoms with van der Waals surface area (Å²) in [5, 5.41) is 13.7. The van der Waals surface area contributed by atoms with Crippen molar-refractivity contribution in [2.24, 2.45) is 0 Å². The molecule has 4 rings (SSSR count). The summed E-state index contributed by atoms with van der Waals surface area (Å²) >= 11 is 6.00. The summed E-state index contributed by atoms with van der Waals surface area (Å²) in [6, 6.07) is 22.3. The van der Waals surface area contributed by atoms with Crippen LogP contribution >= 0.6 is 11.6 Å². The first-order valence-corrected chi connectivity index (χ1v) is 8.32. The lowest BCUT2D eigenvalue weighted by atomic mass is 9.98. The molecule has 0 aliphatic heterocycles. The summed E-state index contributed by atoms with van der Waals surface area (Å²) in [4.78, 5) is 4.89. The summed E-state index contributed by atoms with van der Waals surface area (Å²) in [7, 11) is 0. The molecule has 0 aliphatic rings. The van der Waals surface area contributed by atoms with Crippen molar-refractivity contribution in [2.45, 2.75) is 6.42 Å². The third kappa shape index (κ3) is 2.64. The Labute approximate surface area is 145 Å². The van der Waals surface area contributed by atoms with Crippen molar-refractivity contribution in [1.82, 2.24) is 4.98 Å². The number of hydrogen-bond donors (Lipinski definition) is 1. The van der Waals surface area contributed by atoms with E-state index in [-0.39, 0.29) is 6.61 Å². The van der Waals surface area contributed by atoms with Crippen LogP contribution in [0, 0.1) is 0 Å². The van der Waals surface area contributed by atoms with E-state index in [1.165, 1.54) is 10.8 Å². The minimum Gasteiger partial charge on any atom is -0.396 e. The van der Waals surface area contributed by atoms with Crippen LogP contribution in [0.2, 0.25) is 5.02 Å². The smallest absolute Gasteiger partial charge is 0.0742 e. The lowest BCUT2D eigenvalue weighted by Gasteiger charge is -2.12. The number of benzene rings is 3. The van der Waals surface area contributed by atoms with E-state index in [0.717, 1.165) is 27.7 Å². The molecule has 0 amide bonds. The number of aliphatic hydroxyl groups is 1. The molecule has 0 fully saturated rings. The van der Waals surface area contributed by atoms with Gasteiger partial charge in [0.1, 0.15) is 0 Å². The average Bonchev–Trinajstić information content (AvgIpc) is 2.62. The highest BCUT2D eigenvalue weighted by Crippen LogP contribution is 2.31. The molecule has 1 aromatic heterocycles. The van der Waals surface area contributed by atoms with E-state index in [9.17, 15) is 5.11 Å². The van der Waals surface area contributed by atoms with Crippen molar-refractivity contribution >= 4 is 33.3 Å². The highest BCUT2D eigenvalue weighted by molar-refractivity contribution is 6.30. The Morgan fingerprint density at radius 3 is 2.46 bits per heavy atom. The van der Waals surface area contributed by atoms with E-state index in [2.05, 4.69) is 30.3 Å². The Bertz CT molecular complexity index is 1030. The number of hydrogen-bond acceptors (Lipinski definition) is 2. The zero-order chi connectivity index (χ0) is 16.5. The first-order chi connectivity index (χ1) is 11.8. The Hall–Kier alpha value is -2.42. The maximum Gasteiger partial charge on any atom is 0.0742 e. The molecule has 0 spiro atoms. The molecule has 3 heteroatoms. The summed E-state index contributed by atoms with van der Waals surface area (Å²) in [5.41, 5.74) is 3.92. The van der Waals surface area contributed by atoms with E-state index >= 15 is 0 Å². The van der Waals surface area contributed by atoms with Gasteiger partial charge in [-0.1, -0.05) is 54.1 Å². The van der Waals surface area contributed by atoms with Crippen molar-refractivity contribution in [3.63, 3.8) is 0 Å². The monoisotopic (exact) mass is 333 g/mol. The fourth-order valence-corrected chi connectivity index (χ4v) is 3.26. The van der Waals surface area contributed by atoms with Crippen molar-refractivity contribution in [2.75, 3.05) is 6.61 Å². The second-order valence-corrected chi connectivity index (χ2v) is 6.27. The molecule has 0 atom stereocenters. The van der Waals surface area contributed by atoms with E-state index in [0.29, 0.717) is 11.4 Å². The standard InChI is InChI=1S/C21H16ClNO/c22-17-8-5-15(6-9-17)21-16(11-12-24)13-19-18-4-2-1-3-14(18)7-10-20(19)23-21/h1-10,13,24H,11-12H2. The molecule has 0 unspecified atom stereocenters. The molecule has 118 valence electrons. The zero-order valence-corrected chi connectivity index (χ0v) is 13.8. The van der Waals surface area contributed by atoms with Gasteiger partial charge in [0.25, 0.3) is 0 Å². The molecule has 1 N–H and O–H groups in total. The fraction of sp³-hybridized carbons (Fsp3) is 0.0952. The summed E-state index contributed by atoms with van der Waals surface area (Å²) < 4.78 is 0. The van der Waals surface area contributed by atoms with Crippen LogP contribution in [0.15, 0.2) is 66.7 Å². The minimum absolute atomic E-state index is 0.0958. The SMILES string of the molecule is OCCc1cc2c(ccc3ccccc32)nc1-c1ccc(Cl)cc1. The molecule has 0 saturated carbocycles. The van der Waals surface area contributed by atoms with Gasteiger partial charge in [0.2, 0.25) is 0 Å². The van der Waals surface area contributed by atoms with Crippen molar-refractivity contribution in [3.8, 4) is 11.3 Å². The Balaban J connectivity index is 2.01. The van der Waals surface area contributed by atoms with Crippen LogP contribution in [-0.2, 0) is 6.42 Å². The van der Waals surface area contributed by atoms with Crippen LogP contribution in [0.4, 0.5) is 0 Å². The number of aromatic nitrogens is 1. The van der Waals surface area contributed by atoms with Crippen LogP contribution in [0.25, 0.3) is 32.9 Å². The fourth-order valence-electron chi connectivity index (χ4n) is 3.14. The average molecular weight is 334 g/mol. The topological polar surface area (TPSA) is 33.1 Å². The molecule has 4 aromatic rings. The van der Waals surface area contributed by atoms with Gasteiger partial charge in [-0.3, -0.25) is 0 Å². The molecule has 0 radical (unpaired) electrons. The van der Waals surface area contributed by atoms with Gasteiger partial charge >= 0.3 is 0 Å². The third-order valence-corrected chi connectivity index (χ3v) is 4.55. The minimum atomic E-state index is 0.0958. The second kappa shape index (κ2) is 6.23. The maximum absolute atomic E-state index is 9.47. The molecule has 0 saturated heterocycles. The molecular formula is C21H16ClNO. The molecule has 0 bridgehead atoms. The predicted octanol–water partition coefficient (Wildman–Crippen LogP) is 5.24. The van der Waals surface area contributed by atoms with Crippen LogP contribution in [0.3, 0.4) is 0 Å². The molecule has 3 aromatic carbocycles. The zero-order valence-electron chi connectivity index (χ0n) is 13.0. The van der Waals surface area contributed by atoms with Crippen LogP contribution in [0.5, 0.6) is 0 Å². The summed E-state index contributed by atoms with van der Waals surface area (Å²) in [6.07, 6.45) is 0.574. The molecule has 24 heavy (non-hydrogen) atoms. The highest BCUT2D eigenvalue weighted by Gasteiger charge is 2.11. The van der Waals surface area contributed by atoms with Crippen molar-refractivity contribution in [3.05, 3.63) is 77.3 Å².